The van der Waals surface area contributed by atoms with Gasteiger partial charge in [0.2, 0.25) is 0 Å². The third-order valence-electron chi connectivity index (χ3n) is 4.23. The zero-order chi connectivity index (χ0) is 19.4. The average molecular weight is 395 g/mol. The summed E-state index contributed by atoms with van der Waals surface area (Å²) in [6.07, 6.45) is 0. The Hall–Kier alpha value is -2.67. The molecule has 1 heterocycles. The van der Waals surface area contributed by atoms with Gasteiger partial charge in [-0.15, -0.1) is 0 Å². The van der Waals surface area contributed by atoms with Crippen LogP contribution in [0.5, 0.6) is 0 Å². The molecule has 5 nitrogen and oxygen atoms in total. The Kier molecular flexibility index (Phi) is 5.91. The monoisotopic (exact) mass is 394 g/mol. The van der Waals surface area contributed by atoms with Gasteiger partial charge in [-0.1, -0.05) is 17.7 Å². The molecule has 0 atom stereocenters. The van der Waals surface area contributed by atoms with E-state index in [0.29, 0.717) is 37.3 Å². The van der Waals surface area contributed by atoms with E-state index in [0.717, 1.165) is 17.8 Å². The van der Waals surface area contributed by atoms with Crippen molar-refractivity contribution in [3.05, 3.63) is 64.7 Å². The van der Waals surface area contributed by atoms with Crippen molar-refractivity contribution in [2.45, 2.75) is 0 Å². The highest BCUT2D eigenvalue weighted by Crippen LogP contribution is 2.20. The number of carbonyl (C=O) groups excluding carboxylic acids is 2. The number of anilines is 1. The van der Waals surface area contributed by atoms with E-state index in [2.05, 4.69) is 4.90 Å². The van der Waals surface area contributed by atoms with Gasteiger partial charge < -0.3 is 14.5 Å². The predicted molar refractivity (Wildman–Crippen MR) is 96.9 cm³/mol. The lowest BCUT2D eigenvalue weighted by Crippen LogP contribution is -2.49. The quantitative estimate of drug-likeness (QED) is 0.748. The van der Waals surface area contributed by atoms with Gasteiger partial charge in [-0.25, -0.2) is 13.6 Å². The SMILES string of the molecule is O=C(OCC(=O)N1CCN(c2cccc(Cl)c2)CC1)c1cc(F)cc(F)c1. The molecule has 0 bridgehead atoms. The molecule has 2 aromatic carbocycles. The predicted octanol–water partition coefficient (Wildman–Crippen LogP) is 3.12. The first kappa shape index (κ1) is 19.1. The summed E-state index contributed by atoms with van der Waals surface area (Å²) >= 11 is 6.00. The Bertz CT molecular complexity index is 834. The summed E-state index contributed by atoms with van der Waals surface area (Å²) in [6, 6.07) is 9.84. The maximum atomic E-state index is 13.1. The van der Waals surface area contributed by atoms with Crippen LogP contribution in [0, 0.1) is 11.6 Å². The van der Waals surface area contributed by atoms with Crippen molar-refractivity contribution in [1.29, 1.82) is 0 Å². The van der Waals surface area contributed by atoms with Crippen molar-refractivity contribution in [2.24, 2.45) is 0 Å². The number of halogens is 3. The largest absolute Gasteiger partial charge is 0.452 e. The summed E-state index contributed by atoms with van der Waals surface area (Å²) in [6.45, 7) is 1.70. The summed E-state index contributed by atoms with van der Waals surface area (Å²) in [7, 11) is 0. The van der Waals surface area contributed by atoms with Crippen LogP contribution < -0.4 is 4.90 Å². The number of rotatable bonds is 4. The van der Waals surface area contributed by atoms with E-state index in [1.807, 2.05) is 18.2 Å². The third-order valence-corrected chi connectivity index (χ3v) is 4.47. The van der Waals surface area contributed by atoms with Crippen LogP contribution in [-0.4, -0.2) is 49.6 Å². The first-order valence-corrected chi connectivity index (χ1v) is 8.72. The number of nitrogens with zero attached hydrogens (tertiary/aromatic N) is 2. The second kappa shape index (κ2) is 8.35. The van der Waals surface area contributed by atoms with Crippen LogP contribution in [0.4, 0.5) is 14.5 Å². The van der Waals surface area contributed by atoms with Crippen molar-refractivity contribution in [3.63, 3.8) is 0 Å². The third kappa shape index (κ3) is 4.95. The van der Waals surface area contributed by atoms with Crippen molar-refractivity contribution in [3.8, 4) is 0 Å². The number of esters is 1. The van der Waals surface area contributed by atoms with Crippen LogP contribution in [0.1, 0.15) is 10.4 Å². The molecule has 0 spiro atoms. The van der Waals surface area contributed by atoms with E-state index >= 15 is 0 Å². The minimum absolute atomic E-state index is 0.272. The van der Waals surface area contributed by atoms with E-state index in [9.17, 15) is 18.4 Å². The normalized spacial score (nSPS) is 14.2. The number of hydrogen-bond donors (Lipinski definition) is 0. The lowest BCUT2D eigenvalue weighted by atomic mass is 10.2. The Morgan fingerprint density at radius 2 is 1.67 bits per heavy atom. The molecule has 0 aromatic heterocycles. The van der Waals surface area contributed by atoms with E-state index in [4.69, 9.17) is 16.3 Å². The number of amides is 1. The molecule has 142 valence electrons. The summed E-state index contributed by atoms with van der Waals surface area (Å²) in [5.41, 5.74) is 0.709. The van der Waals surface area contributed by atoms with Gasteiger partial charge in [0, 0.05) is 43.0 Å². The minimum atomic E-state index is -0.945. The molecule has 3 rings (SSSR count). The lowest BCUT2D eigenvalue weighted by Gasteiger charge is -2.36. The topological polar surface area (TPSA) is 49.9 Å². The number of benzene rings is 2. The Morgan fingerprint density at radius 3 is 2.30 bits per heavy atom. The van der Waals surface area contributed by atoms with Gasteiger partial charge in [0.1, 0.15) is 11.6 Å². The molecule has 8 heteroatoms. The fourth-order valence-corrected chi connectivity index (χ4v) is 3.04. The number of ether oxygens (including phenoxy) is 1. The van der Waals surface area contributed by atoms with Crippen LogP contribution in [0.25, 0.3) is 0 Å². The van der Waals surface area contributed by atoms with E-state index < -0.39 is 24.2 Å². The smallest absolute Gasteiger partial charge is 0.338 e. The Morgan fingerprint density at radius 1 is 1.00 bits per heavy atom. The van der Waals surface area contributed by atoms with Gasteiger partial charge in [-0.3, -0.25) is 4.79 Å². The van der Waals surface area contributed by atoms with Crippen molar-refractivity contribution in [2.75, 3.05) is 37.7 Å². The molecule has 1 fully saturated rings. The lowest BCUT2D eigenvalue weighted by molar-refractivity contribution is -0.134. The summed E-state index contributed by atoms with van der Waals surface area (Å²) in [5.74, 6) is -3.07. The van der Waals surface area contributed by atoms with Gasteiger partial charge in [-0.05, 0) is 30.3 Å². The first-order valence-electron chi connectivity index (χ1n) is 8.34. The zero-order valence-corrected chi connectivity index (χ0v) is 15.1. The van der Waals surface area contributed by atoms with Gasteiger partial charge in [0.25, 0.3) is 5.91 Å². The Labute approximate surface area is 160 Å². The summed E-state index contributed by atoms with van der Waals surface area (Å²) in [5, 5.41) is 0.645. The zero-order valence-electron chi connectivity index (χ0n) is 14.3. The first-order chi connectivity index (χ1) is 12.9. The molecule has 1 amide bonds. The molecule has 1 aliphatic rings. The van der Waals surface area contributed by atoms with Crippen molar-refractivity contribution < 1.29 is 23.1 Å². The van der Waals surface area contributed by atoms with Gasteiger partial charge in [0.15, 0.2) is 6.61 Å². The van der Waals surface area contributed by atoms with Crippen LogP contribution in [0.15, 0.2) is 42.5 Å². The van der Waals surface area contributed by atoms with Gasteiger partial charge in [0.05, 0.1) is 5.56 Å². The average Bonchev–Trinajstić information content (AvgIpc) is 2.65. The van der Waals surface area contributed by atoms with Crippen LogP contribution in [-0.2, 0) is 9.53 Å². The molecule has 1 saturated heterocycles. The fourth-order valence-electron chi connectivity index (χ4n) is 2.86. The minimum Gasteiger partial charge on any atom is -0.452 e. The number of piperazine rings is 1. The fraction of sp³-hybridized carbons (Fsp3) is 0.263. The van der Waals surface area contributed by atoms with Crippen molar-refractivity contribution in [1.82, 2.24) is 4.90 Å². The highest BCUT2D eigenvalue weighted by Gasteiger charge is 2.22. The molecule has 0 N–H and O–H groups in total. The molecule has 27 heavy (non-hydrogen) atoms. The molecule has 0 radical (unpaired) electrons. The van der Waals surface area contributed by atoms with E-state index in [-0.39, 0.29) is 11.5 Å². The second-order valence-electron chi connectivity index (χ2n) is 6.08. The Balaban J connectivity index is 1.50. The molecular formula is C19H17ClF2N2O3. The van der Waals surface area contributed by atoms with Crippen LogP contribution >= 0.6 is 11.6 Å². The molecule has 0 unspecified atom stereocenters. The van der Waals surface area contributed by atoms with E-state index in [1.165, 1.54) is 0 Å². The number of hydrogen-bond acceptors (Lipinski definition) is 4. The molecule has 0 saturated carbocycles. The summed E-state index contributed by atoms with van der Waals surface area (Å²) in [4.78, 5) is 27.8. The molecular weight excluding hydrogens is 378 g/mol. The maximum Gasteiger partial charge on any atom is 0.338 e. The molecule has 0 aliphatic carbocycles. The molecule has 1 aliphatic heterocycles. The van der Waals surface area contributed by atoms with Crippen LogP contribution in [0.2, 0.25) is 5.02 Å². The van der Waals surface area contributed by atoms with Crippen molar-refractivity contribution >= 4 is 29.2 Å². The van der Waals surface area contributed by atoms with Crippen LogP contribution in [0.3, 0.4) is 0 Å². The standard InChI is InChI=1S/C19H17ClF2N2O3/c20-14-2-1-3-17(10-14)23-4-6-24(7-5-23)18(25)12-27-19(26)13-8-15(21)11-16(22)9-13/h1-3,8-11H,4-7,12H2. The molecule has 2 aromatic rings. The highest BCUT2D eigenvalue weighted by atomic mass is 35.5. The maximum absolute atomic E-state index is 13.1. The second-order valence-corrected chi connectivity index (χ2v) is 6.52. The number of carbonyl (C=O) groups is 2. The summed E-state index contributed by atoms with van der Waals surface area (Å²) < 4.78 is 31.2. The van der Waals surface area contributed by atoms with Gasteiger partial charge in [-0.2, -0.15) is 0 Å². The van der Waals surface area contributed by atoms with E-state index in [1.54, 1.807) is 11.0 Å². The highest BCUT2D eigenvalue weighted by molar-refractivity contribution is 6.30. The van der Waals surface area contributed by atoms with Gasteiger partial charge >= 0.3 is 5.97 Å².